The number of halogens is 3. The molecule has 0 bridgehead atoms. The van der Waals surface area contributed by atoms with Crippen molar-refractivity contribution in [2.45, 2.75) is 18.8 Å². The molecular formula is C17H18ClF2N5O. The van der Waals surface area contributed by atoms with Gasteiger partial charge >= 0.3 is 0 Å². The summed E-state index contributed by atoms with van der Waals surface area (Å²) in [6.07, 6.45) is 8.02. The van der Waals surface area contributed by atoms with Crippen LogP contribution >= 0.6 is 11.6 Å². The number of likely N-dealkylation sites (tertiary alicyclic amines) is 1. The molecule has 138 valence electrons. The summed E-state index contributed by atoms with van der Waals surface area (Å²) >= 11 is 5.96. The lowest BCUT2D eigenvalue weighted by Gasteiger charge is -2.42. The molecule has 0 radical (unpaired) electrons. The number of anilines is 1. The van der Waals surface area contributed by atoms with Gasteiger partial charge in [0.15, 0.2) is 0 Å². The maximum Gasteiger partial charge on any atom is 0.282 e. The molecule has 0 saturated carbocycles. The molecule has 4 heterocycles. The standard InChI is InChI=1S/C17H18ClF2N5O/c18-13-7-22-25(9-13)14-1-4-21-8-15(14)23-5-2-12(3-6-23)16(26)24-10-17(19,20)11-24/h1,4,7-9,12H,2-3,5-6,10-11H2. The lowest BCUT2D eigenvalue weighted by molar-refractivity contribution is -0.170. The molecule has 4 rings (SSSR count). The van der Waals surface area contributed by atoms with Crippen LogP contribution in [0.3, 0.4) is 0 Å². The first kappa shape index (κ1) is 17.2. The average Bonchev–Trinajstić information content (AvgIpc) is 3.05. The van der Waals surface area contributed by atoms with Crippen LogP contribution in [-0.2, 0) is 4.79 Å². The summed E-state index contributed by atoms with van der Waals surface area (Å²) < 4.78 is 27.7. The lowest BCUT2D eigenvalue weighted by atomic mass is 9.93. The average molecular weight is 382 g/mol. The van der Waals surface area contributed by atoms with E-state index in [9.17, 15) is 13.6 Å². The Labute approximate surface area is 154 Å². The van der Waals surface area contributed by atoms with Crippen LogP contribution in [0.2, 0.25) is 5.02 Å². The van der Waals surface area contributed by atoms with Gasteiger partial charge in [-0.1, -0.05) is 11.6 Å². The first-order chi connectivity index (χ1) is 12.4. The van der Waals surface area contributed by atoms with E-state index >= 15 is 0 Å². The number of piperidine rings is 1. The van der Waals surface area contributed by atoms with Crippen molar-refractivity contribution in [3.8, 4) is 5.69 Å². The zero-order chi connectivity index (χ0) is 18.3. The molecule has 0 atom stereocenters. The fraction of sp³-hybridized carbons (Fsp3) is 0.471. The highest BCUT2D eigenvalue weighted by Crippen LogP contribution is 2.32. The van der Waals surface area contributed by atoms with E-state index in [1.165, 1.54) is 4.90 Å². The third kappa shape index (κ3) is 3.25. The van der Waals surface area contributed by atoms with Gasteiger partial charge in [-0.25, -0.2) is 13.5 Å². The van der Waals surface area contributed by atoms with Gasteiger partial charge < -0.3 is 9.80 Å². The molecule has 0 N–H and O–H groups in total. The fourth-order valence-corrected chi connectivity index (χ4v) is 3.68. The maximum absolute atomic E-state index is 13.0. The Bertz CT molecular complexity index is 811. The third-order valence-electron chi connectivity index (χ3n) is 4.92. The molecule has 0 aromatic carbocycles. The summed E-state index contributed by atoms with van der Waals surface area (Å²) in [7, 11) is 0. The van der Waals surface area contributed by atoms with Crippen molar-refractivity contribution in [2.75, 3.05) is 31.1 Å². The number of aromatic nitrogens is 3. The van der Waals surface area contributed by atoms with Gasteiger partial charge in [-0.05, 0) is 18.9 Å². The Morgan fingerprint density at radius 2 is 1.92 bits per heavy atom. The normalized spacial score (nSPS) is 20.1. The predicted molar refractivity (Wildman–Crippen MR) is 92.8 cm³/mol. The van der Waals surface area contributed by atoms with Crippen LogP contribution < -0.4 is 4.90 Å². The number of rotatable bonds is 3. The topological polar surface area (TPSA) is 54.3 Å². The Morgan fingerprint density at radius 1 is 1.19 bits per heavy atom. The molecule has 0 aliphatic carbocycles. The van der Waals surface area contributed by atoms with Crippen molar-refractivity contribution in [3.63, 3.8) is 0 Å². The molecule has 0 spiro atoms. The predicted octanol–water partition coefficient (Wildman–Crippen LogP) is 2.61. The molecular weight excluding hydrogens is 364 g/mol. The van der Waals surface area contributed by atoms with Crippen LogP contribution in [0, 0.1) is 5.92 Å². The summed E-state index contributed by atoms with van der Waals surface area (Å²) in [4.78, 5) is 19.9. The monoisotopic (exact) mass is 381 g/mol. The van der Waals surface area contributed by atoms with E-state index in [4.69, 9.17) is 11.6 Å². The van der Waals surface area contributed by atoms with Gasteiger partial charge in [0, 0.05) is 31.4 Å². The summed E-state index contributed by atoms with van der Waals surface area (Å²) in [5.74, 6) is -3.06. The number of hydrogen-bond donors (Lipinski definition) is 0. The lowest BCUT2D eigenvalue weighted by Crippen LogP contribution is -2.60. The number of pyridine rings is 1. The zero-order valence-corrected chi connectivity index (χ0v) is 14.7. The molecule has 6 nitrogen and oxygen atoms in total. The number of carbonyl (C=O) groups is 1. The molecule has 2 aromatic rings. The van der Waals surface area contributed by atoms with Crippen molar-refractivity contribution < 1.29 is 13.6 Å². The van der Waals surface area contributed by atoms with Gasteiger partial charge in [-0.3, -0.25) is 9.78 Å². The Morgan fingerprint density at radius 3 is 2.54 bits per heavy atom. The van der Waals surface area contributed by atoms with Crippen molar-refractivity contribution in [1.29, 1.82) is 0 Å². The minimum atomic E-state index is -2.72. The number of nitrogens with zero attached hydrogens (tertiary/aromatic N) is 5. The minimum absolute atomic E-state index is 0.152. The smallest absolute Gasteiger partial charge is 0.282 e. The molecule has 2 saturated heterocycles. The zero-order valence-electron chi connectivity index (χ0n) is 14.0. The van der Waals surface area contributed by atoms with Crippen LogP contribution in [0.4, 0.5) is 14.5 Å². The highest BCUT2D eigenvalue weighted by molar-refractivity contribution is 6.30. The summed E-state index contributed by atoms with van der Waals surface area (Å²) in [6, 6.07) is 1.86. The molecule has 2 fully saturated rings. The second kappa shape index (κ2) is 6.50. The Kier molecular flexibility index (Phi) is 4.30. The number of amides is 1. The van der Waals surface area contributed by atoms with Crippen molar-refractivity contribution in [1.82, 2.24) is 19.7 Å². The minimum Gasteiger partial charge on any atom is -0.368 e. The van der Waals surface area contributed by atoms with E-state index in [1.54, 1.807) is 29.5 Å². The first-order valence-corrected chi connectivity index (χ1v) is 8.87. The molecule has 2 aliphatic heterocycles. The molecule has 9 heteroatoms. The SMILES string of the molecule is O=C(C1CCN(c2cnccc2-n2cc(Cl)cn2)CC1)N1CC(F)(F)C1. The summed E-state index contributed by atoms with van der Waals surface area (Å²) in [5, 5.41) is 4.78. The highest BCUT2D eigenvalue weighted by atomic mass is 35.5. The van der Waals surface area contributed by atoms with Gasteiger partial charge in [-0.15, -0.1) is 0 Å². The summed E-state index contributed by atoms with van der Waals surface area (Å²) in [5.41, 5.74) is 1.77. The van der Waals surface area contributed by atoms with Gasteiger partial charge in [0.2, 0.25) is 5.91 Å². The van der Waals surface area contributed by atoms with Crippen LogP contribution in [-0.4, -0.2) is 57.7 Å². The molecule has 2 aliphatic rings. The first-order valence-electron chi connectivity index (χ1n) is 8.49. The van der Waals surface area contributed by atoms with E-state index in [-0.39, 0.29) is 11.8 Å². The molecule has 26 heavy (non-hydrogen) atoms. The van der Waals surface area contributed by atoms with Crippen molar-refractivity contribution in [3.05, 3.63) is 35.9 Å². The molecule has 2 aromatic heterocycles. The van der Waals surface area contributed by atoms with Gasteiger partial charge in [0.25, 0.3) is 5.92 Å². The number of hydrogen-bond acceptors (Lipinski definition) is 4. The number of alkyl halides is 2. The fourth-order valence-electron chi connectivity index (χ4n) is 3.54. The third-order valence-corrected chi connectivity index (χ3v) is 5.11. The van der Waals surface area contributed by atoms with Crippen LogP contribution in [0.25, 0.3) is 5.69 Å². The van der Waals surface area contributed by atoms with Crippen molar-refractivity contribution in [2.24, 2.45) is 5.92 Å². The van der Waals surface area contributed by atoms with Gasteiger partial charge in [0.05, 0.1) is 41.9 Å². The van der Waals surface area contributed by atoms with Gasteiger partial charge in [0.1, 0.15) is 0 Å². The van der Waals surface area contributed by atoms with E-state index in [0.29, 0.717) is 31.0 Å². The quantitative estimate of drug-likeness (QED) is 0.820. The Balaban J connectivity index is 1.43. The summed E-state index contributed by atoms with van der Waals surface area (Å²) in [6.45, 7) is 0.431. The highest BCUT2D eigenvalue weighted by Gasteiger charge is 2.47. The van der Waals surface area contributed by atoms with Gasteiger partial charge in [-0.2, -0.15) is 5.10 Å². The van der Waals surface area contributed by atoms with Crippen molar-refractivity contribution >= 4 is 23.2 Å². The molecule has 1 amide bonds. The van der Waals surface area contributed by atoms with E-state index in [1.807, 2.05) is 6.07 Å². The molecule has 0 unspecified atom stereocenters. The second-order valence-electron chi connectivity index (χ2n) is 6.78. The largest absolute Gasteiger partial charge is 0.368 e. The maximum atomic E-state index is 13.0. The van der Waals surface area contributed by atoms with E-state index in [0.717, 1.165) is 11.4 Å². The number of carbonyl (C=O) groups excluding carboxylic acids is 1. The van der Waals surface area contributed by atoms with E-state index < -0.39 is 19.0 Å². The van der Waals surface area contributed by atoms with E-state index in [2.05, 4.69) is 15.0 Å². The second-order valence-corrected chi connectivity index (χ2v) is 7.22. The van der Waals surface area contributed by atoms with Crippen LogP contribution in [0.1, 0.15) is 12.8 Å². The van der Waals surface area contributed by atoms with Crippen LogP contribution in [0.15, 0.2) is 30.9 Å². The Hall–Kier alpha value is -2.22. The van der Waals surface area contributed by atoms with Crippen LogP contribution in [0.5, 0.6) is 0 Å².